The molecule has 0 aliphatic rings. The maximum Gasteiger partial charge on any atom is 0.333 e. The Morgan fingerprint density at radius 1 is 0.926 bits per heavy atom. The lowest BCUT2D eigenvalue weighted by Gasteiger charge is -2.19. The van der Waals surface area contributed by atoms with Gasteiger partial charge in [-0.2, -0.15) is 0 Å². The predicted molar refractivity (Wildman–Crippen MR) is 107 cm³/mol. The Morgan fingerprint density at radius 2 is 1.41 bits per heavy atom. The maximum atomic E-state index is 11.9. The predicted octanol–water partition coefficient (Wildman–Crippen LogP) is 4.76. The molecule has 0 N–H and O–H groups in total. The van der Waals surface area contributed by atoms with Crippen molar-refractivity contribution in [2.75, 3.05) is 13.2 Å². The third kappa shape index (κ3) is 6.81. The van der Waals surface area contributed by atoms with Crippen LogP contribution in [0.5, 0.6) is 11.5 Å². The summed E-state index contributed by atoms with van der Waals surface area (Å²) in [4.78, 5) is 11.9. The Bertz CT molecular complexity index is 715. The fraction of sp³-hybridized carbons (Fsp3) is 0.348. The van der Waals surface area contributed by atoms with Crippen molar-refractivity contribution >= 4 is 5.97 Å². The molecule has 0 aliphatic carbocycles. The average molecular weight is 368 g/mol. The Hall–Kier alpha value is -2.75. The molecule has 0 aliphatic heterocycles. The summed E-state index contributed by atoms with van der Waals surface area (Å²) in [5.74, 6) is 1.05. The molecule has 4 heteroatoms. The highest BCUT2D eigenvalue weighted by Crippen LogP contribution is 2.17. The molecule has 0 saturated carbocycles. The normalized spacial score (nSPS) is 10.5. The molecule has 0 spiro atoms. The number of rotatable bonds is 10. The number of ether oxygens (including phenoxy) is 3. The van der Waals surface area contributed by atoms with Crippen LogP contribution in [0.3, 0.4) is 0 Å². The summed E-state index contributed by atoms with van der Waals surface area (Å²) in [5, 5.41) is 0. The fourth-order valence-electron chi connectivity index (χ4n) is 2.46. The molecule has 2 aromatic rings. The fourth-order valence-corrected chi connectivity index (χ4v) is 2.46. The summed E-state index contributed by atoms with van der Waals surface area (Å²) in [7, 11) is 0. The van der Waals surface area contributed by atoms with E-state index in [4.69, 9.17) is 14.2 Å². The van der Waals surface area contributed by atoms with Gasteiger partial charge in [-0.05, 0) is 55.2 Å². The van der Waals surface area contributed by atoms with E-state index in [1.165, 1.54) is 11.1 Å². The molecule has 0 saturated heterocycles. The standard InChI is InChI=1S/C23H28O4/c1-5-18-9-7-11-20(13-18)25-15-22(27-23(24)17(3)4)16-26-21-12-8-10-19(6-2)14-21/h7-14,22H,3,5-6,15-16H2,1-2,4H3. The van der Waals surface area contributed by atoms with E-state index in [1.807, 2.05) is 36.4 Å². The monoisotopic (exact) mass is 368 g/mol. The van der Waals surface area contributed by atoms with Gasteiger partial charge in [-0.15, -0.1) is 0 Å². The quantitative estimate of drug-likeness (QED) is 0.448. The van der Waals surface area contributed by atoms with Crippen molar-refractivity contribution in [3.8, 4) is 11.5 Å². The van der Waals surface area contributed by atoms with Gasteiger partial charge in [0.25, 0.3) is 0 Å². The zero-order chi connectivity index (χ0) is 19.6. The van der Waals surface area contributed by atoms with E-state index < -0.39 is 12.1 Å². The average Bonchev–Trinajstić information content (AvgIpc) is 2.70. The molecule has 0 atom stereocenters. The first-order valence-electron chi connectivity index (χ1n) is 9.31. The highest BCUT2D eigenvalue weighted by Gasteiger charge is 2.17. The largest absolute Gasteiger partial charge is 0.490 e. The van der Waals surface area contributed by atoms with Crippen molar-refractivity contribution in [2.45, 2.75) is 39.7 Å². The Morgan fingerprint density at radius 3 is 1.81 bits per heavy atom. The third-order valence-electron chi connectivity index (χ3n) is 4.11. The first kappa shape index (κ1) is 20.6. The highest BCUT2D eigenvalue weighted by molar-refractivity contribution is 5.87. The van der Waals surface area contributed by atoms with Crippen molar-refractivity contribution in [3.05, 3.63) is 71.8 Å². The van der Waals surface area contributed by atoms with Crippen LogP contribution in [-0.4, -0.2) is 25.3 Å². The van der Waals surface area contributed by atoms with Crippen molar-refractivity contribution < 1.29 is 19.0 Å². The molecular weight excluding hydrogens is 340 g/mol. The number of benzene rings is 2. The molecule has 144 valence electrons. The molecule has 0 bridgehead atoms. The van der Waals surface area contributed by atoms with Crippen LogP contribution in [0.2, 0.25) is 0 Å². The SMILES string of the molecule is C=C(C)C(=O)OC(COc1cccc(CC)c1)COc1cccc(CC)c1. The summed E-state index contributed by atoms with van der Waals surface area (Å²) in [5.41, 5.74) is 2.73. The minimum Gasteiger partial charge on any atom is -0.490 e. The van der Waals surface area contributed by atoms with E-state index in [0.29, 0.717) is 5.57 Å². The molecule has 0 radical (unpaired) electrons. The van der Waals surface area contributed by atoms with Gasteiger partial charge in [-0.1, -0.05) is 44.7 Å². The zero-order valence-corrected chi connectivity index (χ0v) is 16.4. The molecule has 0 unspecified atom stereocenters. The second-order valence-electron chi connectivity index (χ2n) is 6.43. The molecule has 0 amide bonds. The van der Waals surface area contributed by atoms with E-state index in [-0.39, 0.29) is 13.2 Å². The number of hydrogen-bond donors (Lipinski definition) is 0. The number of carbonyl (C=O) groups excluding carboxylic acids is 1. The van der Waals surface area contributed by atoms with Crippen LogP contribution in [-0.2, 0) is 22.4 Å². The van der Waals surface area contributed by atoms with Crippen molar-refractivity contribution in [1.29, 1.82) is 0 Å². The number of hydrogen-bond acceptors (Lipinski definition) is 4. The number of esters is 1. The minimum absolute atomic E-state index is 0.208. The van der Waals surface area contributed by atoms with Gasteiger partial charge in [0, 0.05) is 5.57 Å². The lowest BCUT2D eigenvalue weighted by atomic mass is 10.2. The number of carbonyl (C=O) groups is 1. The molecular formula is C23H28O4. The van der Waals surface area contributed by atoms with Gasteiger partial charge in [0.15, 0.2) is 6.10 Å². The summed E-state index contributed by atoms with van der Waals surface area (Å²) >= 11 is 0. The summed E-state index contributed by atoms with van der Waals surface area (Å²) < 4.78 is 17.2. The first-order chi connectivity index (χ1) is 13.0. The van der Waals surface area contributed by atoms with Crippen molar-refractivity contribution in [2.24, 2.45) is 0 Å². The Balaban J connectivity index is 2.01. The van der Waals surface area contributed by atoms with E-state index in [9.17, 15) is 4.79 Å². The highest BCUT2D eigenvalue weighted by atomic mass is 16.6. The second-order valence-corrected chi connectivity index (χ2v) is 6.43. The van der Waals surface area contributed by atoms with Crippen LogP contribution in [0.1, 0.15) is 31.9 Å². The smallest absolute Gasteiger partial charge is 0.333 e. The van der Waals surface area contributed by atoms with Crippen LogP contribution in [0.4, 0.5) is 0 Å². The molecule has 2 aromatic carbocycles. The molecule has 0 aromatic heterocycles. The first-order valence-corrected chi connectivity index (χ1v) is 9.31. The lowest BCUT2D eigenvalue weighted by molar-refractivity contribution is -0.147. The van der Waals surface area contributed by atoms with Gasteiger partial charge >= 0.3 is 5.97 Å². The van der Waals surface area contributed by atoms with E-state index in [1.54, 1.807) is 6.92 Å². The second kappa shape index (κ2) is 10.4. The molecule has 0 fully saturated rings. The van der Waals surface area contributed by atoms with Gasteiger partial charge < -0.3 is 14.2 Å². The summed E-state index contributed by atoms with van der Waals surface area (Å²) in [6.07, 6.45) is 1.33. The van der Waals surface area contributed by atoms with Crippen molar-refractivity contribution in [1.82, 2.24) is 0 Å². The van der Waals surface area contributed by atoms with Gasteiger partial charge in [0.05, 0.1) is 0 Å². The van der Waals surface area contributed by atoms with Crippen LogP contribution in [0.25, 0.3) is 0 Å². The van der Waals surface area contributed by atoms with Crippen molar-refractivity contribution in [3.63, 3.8) is 0 Å². The number of aryl methyl sites for hydroxylation is 2. The lowest BCUT2D eigenvalue weighted by Crippen LogP contribution is -2.31. The summed E-state index contributed by atoms with van der Waals surface area (Å²) in [6, 6.07) is 15.8. The molecule has 0 heterocycles. The topological polar surface area (TPSA) is 44.8 Å². The van der Waals surface area contributed by atoms with Gasteiger partial charge in [0.1, 0.15) is 24.7 Å². The summed E-state index contributed by atoms with van der Waals surface area (Å²) in [6.45, 7) is 9.86. The Labute approximate surface area is 161 Å². The van der Waals surface area contributed by atoms with E-state index in [0.717, 1.165) is 24.3 Å². The zero-order valence-electron chi connectivity index (χ0n) is 16.4. The van der Waals surface area contributed by atoms with Crippen LogP contribution in [0, 0.1) is 0 Å². The van der Waals surface area contributed by atoms with E-state index >= 15 is 0 Å². The molecule has 27 heavy (non-hydrogen) atoms. The van der Waals surface area contributed by atoms with E-state index in [2.05, 4.69) is 32.6 Å². The molecule has 2 rings (SSSR count). The van der Waals surface area contributed by atoms with Crippen LogP contribution in [0.15, 0.2) is 60.7 Å². The Kier molecular flexibility index (Phi) is 7.93. The van der Waals surface area contributed by atoms with Gasteiger partial charge in [-0.3, -0.25) is 0 Å². The maximum absolute atomic E-state index is 11.9. The minimum atomic E-state index is -0.537. The van der Waals surface area contributed by atoms with Gasteiger partial charge in [-0.25, -0.2) is 4.79 Å². The van der Waals surface area contributed by atoms with Crippen LogP contribution >= 0.6 is 0 Å². The third-order valence-corrected chi connectivity index (χ3v) is 4.11. The van der Waals surface area contributed by atoms with Crippen LogP contribution < -0.4 is 9.47 Å². The van der Waals surface area contributed by atoms with Gasteiger partial charge in [0.2, 0.25) is 0 Å². The molecule has 4 nitrogen and oxygen atoms in total.